The minimum absolute atomic E-state index is 0.257. The molecule has 0 aliphatic rings. The molecule has 0 saturated carbocycles. The van der Waals surface area contributed by atoms with Crippen molar-refractivity contribution in [1.29, 1.82) is 5.26 Å². The Balaban J connectivity index is 1.65. The Morgan fingerprint density at radius 3 is 2.65 bits per heavy atom. The number of aromatic amines is 1. The van der Waals surface area contributed by atoms with Crippen LogP contribution in [-0.4, -0.2) is 27.4 Å². The van der Waals surface area contributed by atoms with Crippen LogP contribution >= 0.6 is 0 Å². The van der Waals surface area contributed by atoms with Crippen LogP contribution in [0.15, 0.2) is 60.8 Å². The molecule has 4 aromatic rings. The predicted molar refractivity (Wildman–Crippen MR) is 121 cm³/mol. The minimum Gasteiger partial charge on any atom is -0.349 e. The number of carbonyl (C=O) groups excluding carboxylic acids is 1. The molecule has 6 heteroatoms. The Labute approximate surface area is 181 Å². The molecule has 0 fully saturated rings. The van der Waals surface area contributed by atoms with Crippen LogP contribution in [0.5, 0.6) is 0 Å². The van der Waals surface area contributed by atoms with Gasteiger partial charge in [0.05, 0.1) is 22.9 Å². The van der Waals surface area contributed by atoms with E-state index in [2.05, 4.69) is 45.4 Å². The molecule has 0 spiro atoms. The quantitative estimate of drug-likeness (QED) is 0.491. The fraction of sp³-hybridized carbons (Fsp3) is 0.200. The third-order valence-corrected chi connectivity index (χ3v) is 5.24. The maximum Gasteiger partial charge on any atom is 0.269 e. The molecular weight excluding hydrogens is 386 g/mol. The number of nitrogens with one attached hydrogen (secondary N) is 2. The Bertz CT molecular complexity index is 1300. The molecule has 0 saturated heterocycles. The number of rotatable bonds is 5. The van der Waals surface area contributed by atoms with E-state index in [0.29, 0.717) is 11.4 Å². The number of pyridine rings is 2. The zero-order valence-corrected chi connectivity index (χ0v) is 17.7. The van der Waals surface area contributed by atoms with Crippen molar-refractivity contribution >= 4 is 16.9 Å². The van der Waals surface area contributed by atoms with E-state index in [1.807, 2.05) is 30.3 Å². The Morgan fingerprint density at radius 1 is 1.13 bits per heavy atom. The number of aryl methyl sites for hydroxylation is 1. The van der Waals surface area contributed by atoms with Crippen LogP contribution in [0.4, 0.5) is 0 Å². The van der Waals surface area contributed by atoms with Gasteiger partial charge in [-0.3, -0.25) is 4.79 Å². The summed E-state index contributed by atoms with van der Waals surface area (Å²) in [5.41, 5.74) is 5.26. The first-order valence-corrected chi connectivity index (χ1v) is 10.1. The molecule has 0 atom stereocenters. The summed E-state index contributed by atoms with van der Waals surface area (Å²) in [7, 11) is 0. The predicted octanol–water partition coefficient (Wildman–Crippen LogP) is 4.88. The van der Waals surface area contributed by atoms with Crippen molar-refractivity contribution in [3.8, 4) is 28.6 Å². The first kappa shape index (κ1) is 20.3. The van der Waals surface area contributed by atoms with Gasteiger partial charge in [0.1, 0.15) is 11.3 Å². The number of aromatic nitrogens is 3. The molecule has 3 heterocycles. The second-order valence-electron chi connectivity index (χ2n) is 8.20. The molecule has 154 valence electrons. The first-order valence-electron chi connectivity index (χ1n) is 10.1. The van der Waals surface area contributed by atoms with E-state index in [4.69, 9.17) is 5.26 Å². The molecule has 0 aliphatic carbocycles. The van der Waals surface area contributed by atoms with Crippen molar-refractivity contribution in [3.05, 3.63) is 72.1 Å². The van der Waals surface area contributed by atoms with E-state index in [1.165, 1.54) is 0 Å². The highest BCUT2D eigenvalue weighted by Gasteiger charge is 2.19. The van der Waals surface area contributed by atoms with Crippen LogP contribution in [-0.2, 0) is 0 Å². The largest absolute Gasteiger partial charge is 0.349 e. The number of carbonyl (C=O) groups is 1. The fourth-order valence-corrected chi connectivity index (χ4v) is 3.38. The van der Waals surface area contributed by atoms with E-state index >= 15 is 0 Å². The van der Waals surface area contributed by atoms with Gasteiger partial charge in [-0.1, -0.05) is 36.4 Å². The van der Waals surface area contributed by atoms with Crippen molar-refractivity contribution in [2.24, 2.45) is 5.41 Å². The molecule has 3 aromatic heterocycles. The van der Waals surface area contributed by atoms with Crippen molar-refractivity contribution in [2.45, 2.75) is 20.8 Å². The van der Waals surface area contributed by atoms with E-state index in [-0.39, 0.29) is 12.5 Å². The summed E-state index contributed by atoms with van der Waals surface area (Å²) < 4.78 is 0. The summed E-state index contributed by atoms with van der Waals surface area (Å²) in [5.74, 6) is -0.302. The lowest BCUT2D eigenvalue weighted by Crippen LogP contribution is -2.33. The molecular formula is C25H23N5O. The van der Waals surface area contributed by atoms with Crippen LogP contribution < -0.4 is 5.32 Å². The number of H-pyrrole nitrogens is 1. The molecule has 0 radical (unpaired) electrons. The topological polar surface area (TPSA) is 94.5 Å². The first-order chi connectivity index (χ1) is 14.9. The molecule has 1 aromatic carbocycles. The van der Waals surface area contributed by atoms with E-state index in [0.717, 1.165) is 33.4 Å². The fourth-order valence-electron chi connectivity index (χ4n) is 3.38. The second kappa shape index (κ2) is 8.04. The number of amides is 1. The van der Waals surface area contributed by atoms with Crippen molar-refractivity contribution in [1.82, 2.24) is 20.3 Å². The van der Waals surface area contributed by atoms with Gasteiger partial charge in [0.2, 0.25) is 0 Å². The van der Waals surface area contributed by atoms with Gasteiger partial charge in [-0.25, -0.2) is 9.97 Å². The lowest BCUT2D eigenvalue weighted by Gasteiger charge is -2.15. The number of nitrogens with zero attached hydrogens (tertiary/aromatic N) is 3. The van der Waals surface area contributed by atoms with Gasteiger partial charge >= 0.3 is 0 Å². The highest BCUT2D eigenvalue weighted by molar-refractivity contribution is 5.93. The second-order valence-corrected chi connectivity index (χ2v) is 8.20. The van der Waals surface area contributed by atoms with Gasteiger partial charge < -0.3 is 10.3 Å². The third kappa shape index (κ3) is 4.17. The molecule has 1 amide bonds. The smallest absolute Gasteiger partial charge is 0.269 e. The summed E-state index contributed by atoms with van der Waals surface area (Å²) >= 11 is 0. The third-order valence-electron chi connectivity index (χ3n) is 5.24. The highest BCUT2D eigenvalue weighted by Crippen LogP contribution is 2.31. The maximum atomic E-state index is 12.5. The van der Waals surface area contributed by atoms with Crippen LogP contribution in [0.3, 0.4) is 0 Å². The summed E-state index contributed by atoms with van der Waals surface area (Å²) in [6, 6.07) is 19.7. The van der Waals surface area contributed by atoms with Gasteiger partial charge in [0.15, 0.2) is 0 Å². The average molecular weight is 409 g/mol. The minimum atomic E-state index is -0.634. The normalized spacial score (nSPS) is 11.3. The number of fused-ring (bicyclic) bond motifs is 1. The van der Waals surface area contributed by atoms with Crippen LogP contribution in [0.25, 0.3) is 33.5 Å². The summed E-state index contributed by atoms with van der Waals surface area (Å²) in [5, 5.41) is 12.9. The monoisotopic (exact) mass is 409 g/mol. The molecule has 31 heavy (non-hydrogen) atoms. The maximum absolute atomic E-state index is 12.5. The van der Waals surface area contributed by atoms with E-state index in [1.54, 1.807) is 32.2 Å². The Kier molecular flexibility index (Phi) is 5.26. The van der Waals surface area contributed by atoms with Crippen LogP contribution in [0, 0.1) is 23.7 Å². The molecule has 0 bridgehead atoms. The Hall–Kier alpha value is -3.98. The van der Waals surface area contributed by atoms with Gasteiger partial charge in [-0.2, -0.15) is 5.26 Å². The molecule has 0 aliphatic heterocycles. The zero-order chi connectivity index (χ0) is 22.0. The lowest BCUT2D eigenvalue weighted by molar-refractivity contribution is 0.0939. The highest BCUT2D eigenvalue weighted by atomic mass is 16.1. The average Bonchev–Trinajstić information content (AvgIpc) is 3.14. The van der Waals surface area contributed by atoms with Crippen molar-refractivity contribution in [2.75, 3.05) is 6.54 Å². The summed E-state index contributed by atoms with van der Waals surface area (Å²) in [4.78, 5) is 25.0. The Morgan fingerprint density at radius 2 is 1.90 bits per heavy atom. The molecule has 2 N–H and O–H groups in total. The van der Waals surface area contributed by atoms with Gasteiger partial charge in [-0.05, 0) is 50.1 Å². The SMILES string of the molecule is Cc1c(-c2ccccc2)[nH]c2ncc(-c3cccc(C(=O)NCC(C)(C)C#N)n3)cc12. The standard InChI is InChI=1S/C25H23N5O/c1-16-19-12-18(13-27-23(19)30-22(16)17-8-5-4-6-9-17)20-10-7-11-21(29-20)24(31)28-15-25(2,3)14-26/h4-13H,15H2,1-3H3,(H,27,30)(H,28,31). The number of nitriles is 1. The van der Waals surface area contributed by atoms with Gasteiger partial charge in [-0.15, -0.1) is 0 Å². The van der Waals surface area contributed by atoms with Crippen molar-refractivity contribution < 1.29 is 4.79 Å². The lowest BCUT2D eigenvalue weighted by atomic mass is 9.96. The summed E-state index contributed by atoms with van der Waals surface area (Å²) in [6.07, 6.45) is 1.76. The van der Waals surface area contributed by atoms with Crippen LogP contribution in [0.2, 0.25) is 0 Å². The van der Waals surface area contributed by atoms with Crippen molar-refractivity contribution in [3.63, 3.8) is 0 Å². The van der Waals surface area contributed by atoms with Gasteiger partial charge in [0.25, 0.3) is 5.91 Å². The number of hydrogen-bond donors (Lipinski definition) is 2. The van der Waals surface area contributed by atoms with E-state index in [9.17, 15) is 4.79 Å². The zero-order valence-electron chi connectivity index (χ0n) is 17.7. The number of hydrogen-bond acceptors (Lipinski definition) is 4. The van der Waals surface area contributed by atoms with E-state index < -0.39 is 5.41 Å². The van der Waals surface area contributed by atoms with Gasteiger partial charge in [0, 0.05) is 23.7 Å². The van der Waals surface area contributed by atoms with Crippen LogP contribution in [0.1, 0.15) is 29.9 Å². The molecule has 6 nitrogen and oxygen atoms in total. The number of benzene rings is 1. The molecule has 4 rings (SSSR count). The molecule has 0 unspecified atom stereocenters. The summed E-state index contributed by atoms with van der Waals surface area (Å²) in [6.45, 7) is 5.88.